The molecule has 1 aliphatic heterocycles. The molecule has 9 heteroatoms. The molecule has 1 aliphatic rings. The molecular weight excluding hydrogens is 381 g/mol. The van der Waals surface area contributed by atoms with Gasteiger partial charge in [-0.15, -0.1) is 36.2 Å². The van der Waals surface area contributed by atoms with E-state index in [0.29, 0.717) is 6.54 Å². The zero-order valence-corrected chi connectivity index (χ0v) is 17.1. The Labute approximate surface area is 164 Å². The Balaban J connectivity index is 0.00000156. The number of rotatable bonds is 4. The second-order valence-electron chi connectivity index (χ2n) is 5.89. The standard InChI is InChI=1S/C16H23N5OS.2ClH/c1-4-5-13-19-11(2)14(23-13)16(22)21-9-6-17-10-12(21)15-18-7-8-20(15)3;;/h7-8,12,17H,4-6,9-10H2,1-3H3;2*1H. The SMILES string of the molecule is CCCc1nc(C)c(C(=O)N2CCNCC2c2nccn2C)s1.Cl.Cl. The van der Waals surface area contributed by atoms with E-state index in [4.69, 9.17) is 0 Å². The maximum Gasteiger partial charge on any atom is 0.266 e. The van der Waals surface area contributed by atoms with Crippen molar-refractivity contribution in [3.8, 4) is 0 Å². The van der Waals surface area contributed by atoms with E-state index in [-0.39, 0.29) is 36.8 Å². The molecule has 0 aromatic carbocycles. The Morgan fingerprint density at radius 1 is 1.44 bits per heavy atom. The first-order chi connectivity index (χ1) is 11.1. The molecule has 25 heavy (non-hydrogen) atoms. The van der Waals surface area contributed by atoms with Crippen LogP contribution in [0.25, 0.3) is 0 Å². The summed E-state index contributed by atoms with van der Waals surface area (Å²) in [6, 6.07) is -0.0348. The van der Waals surface area contributed by atoms with Gasteiger partial charge < -0.3 is 14.8 Å². The van der Waals surface area contributed by atoms with Gasteiger partial charge in [-0.1, -0.05) is 6.92 Å². The van der Waals surface area contributed by atoms with Crippen molar-refractivity contribution in [2.75, 3.05) is 19.6 Å². The highest BCUT2D eigenvalue weighted by molar-refractivity contribution is 7.13. The van der Waals surface area contributed by atoms with Crippen molar-refractivity contribution in [2.24, 2.45) is 7.05 Å². The van der Waals surface area contributed by atoms with Crippen LogP contribution in [0.2, 0.25) is 0 Å². The summed E-state index contributed by atoms with van der Waals surface area (Å²) >= 11 is 1.54. The fraction of sp³-hybridized carbons (Fsp3) is 0.562. The highest BCUT2D eigenvalue weighted by Gasteiger charge is 2.32. The third-order valence-corrected chi connectivity index (χ3v) is 5.36. The number of hydrogen-bond acceptors (Lipinski definition) is 5. The number of hydrogen-bond donors (Lipinski definition) is 1. The van der Waals surface area contributed by atoms with Gasteiger partial charge in [0.25, 0.3) is 5.91 Å². The van der Waals surface area contributed by atoms with Gasteiger partial charge in [0.2, 0.25) is 0 Å². The van der Waals surface area contributed by atoms with Crippen LogP contribution in [0.5, 0.6) is 0 Å². The molecular formula is C16H25Cl2N5OS. The van der Waals surface area contributed by atoms with Crippen molar-refractivity contribution in [1.29, 1.82) is 0 Å². The van der Waals surface area contributed by atoms with E-state index in [1.165, 1.54) is 11.3 Å². The topological polar surface area (TPSA) is 63.1 Å². The quantitative estimate of drug-likeness (QED) is 0.848. The molecule has 3 rings (SSSR count). The monoisotopic (exact) mass is 405 g/mol. The Kier molecular flexibility index (Phi) is 8.34. The largest absolute Gasteiger partial charge is 0.336 e. The molecule has 1 fully saturated rings. The third kappa shape index (κ3) is 4.53. The van der Waals surface area contributed by atoms with Crippen molar-refractivity contribution in [1.82, 2.24) is 24.8 Å². The minimum Gasteiger partial charge on any atom is -0.336 e. The van der Waals surface area contributed by atoms with Gasteiger partial charge in [-0.2, -0.15) is 0 Å². The summed E-state index contributed by atoms with van der Waals surface area (Å²) in [5.74, 6) is 0.998. The Bertz CT molecular complexity index is 703. The Morgan fingerprint density at radius 3 is 2.84 bits per heavy atom. The summed E-state index contributed by atoms with van der Waals surface area (Å²) in [5.41, 5.74) is 0.848. The molecule has 2 aromatic rings. The summed E-state index contributed by atoms with van der Waals surface area (Å²) in [4.78, 5) is 24.8. The van der Waals surface area contributed by atoms with Crippen LogP contribution >= 0.6 is 36.2 Å². The van der Waals surface area contributed by atoms with Gasteiger partial charge in [0.15, 0.2) is 0 Å². The number of aromatic nitrogens is 3. The van der Waals surface area contributed by atoms with Gasteiger partial charge in [0.1, 0.15) is 16.7 Å². The number of carbonyl (C=O) groups excluding carboxylic acids is 1. The van der Waals surface area contributed by atoms with Crippen LogP contribution in [-0.2, 0) is 13.5 Å². The molecule has 140 valence electrons. The fourth-order valence-electron chi connectivity index (χ4n) is 2.98. The normalized spacial score (nSPS) is 16.9. The summed E-state index contributed by atoms with van der Waals surface area (Å²) in [6.45, 7) is 6.30. The van der Waals surface area contributed by atoms with Crippen LogP contribution in [0.1, 0.15) is 45.6 Å². The smallest absolute Gasteiger partial charge is 0.266 e. The highest BCUT2D eigenvalue weighted by Crippen LogP contribution is 2.27. The number of nitrogens with zero attached hydrogens (tertiary/aromatic N) is 4. The number of halogens is 2. The van der Waals surface area contributed by atoms with Gasteiger partial charge in [-0.25, -0.2) is 9.97 Å². The van der Waals surface area contributed by atoms with E-state index < -0.39 is 0 Å². The molecule has 3 heterocycles. The van der Waals surface area contributed by atoms with E-state index in [1.807, 2.05) is 29.6 Å². The van der Waals surface area contributed by atoms with Crippen molar-refractivity contribution < 1.29 is 4.79 Å². The van der Waals surface area contributed by atoms with Crippen LogP contribution < -0.4 is 5.32 Å². The minimum absolute atomic E-state index is 0. The molecule has 1 N–H and O–H groups in total. The van der Waals surface area contributed by atoms with Crippen LogP contribution in [0.15, 0.2) is 12.4 Å². The van der Waals surface area contributed by atoms with E-state index in [0.717, 1.165) is 47.3 Å². The molecule has 0 radical (unpaired) electrons. The molecule has 0 spiro atoms. The lowest BCUT2D eigenvalue weighted by molar-refractivity contribution is 0.0625. The first kappa shape index (κ1) is 21.9. The lowest BCUT2D eigenvalue weighted by Gasteiger charge is -2.35. The number of aryl methyl sites for hydroxylation is 3. The number of amides is 1. The average Bonchev–Trinajstić information content (AvgIpc) is 3.13. The second-order valence-corrected chi connectivity index (χ2v) is 6.97. The van der Waals surface area contributed by atoms with Crippen molar-refractivity contribution in [3.05, 3.63) is 33.8 Å². The first-order valence-electron chi connectivity index (χ1n) is 8.07. The lowest BCUT2D eigenvalue weighted by Crippen LogP contribution is -2.49. The Hall–Kier alpha value is -1.15. The molecule has 1 unspecified atom stereocenters. The first-order valence-corrected chi connectivity index (χ1v) is 8.88. The van der Waals surface area contributed by atoms with Crippen LogP contribution in [0.3, 0.4) is 0 Å². The van der Waals surface area contributed by atoms with Crippen molar-refractivity contribution >= 4 is 42.1 Å². The van der Waals surface area contributed by atoms with Gasteiger partial charge in [-0.05, 0) is 19.8 Å². The van der Waals surface area contributed by atoms with E-state index >= 15 is 0 Å². The molecule has 1 atom stereocenters. The maximum atomic E-state index is 13.1. The maximum absolute atomic E-state index is 13.1. The molecule has 1 amide bonds. The van der Waals surface area contributed by atoms with Gasteiger partial charge in [0.05, 0.1) is 10.7 Å². The summed E-state index contributed by atoms with van der Waals surface area (Å²) in [6.07, 6.45) is 5.68. The number of imidazole rings is 1. The van der Waals surface area contributed by atoms with Gasteiger partial charge in [-0.3, -0.25) is 4.79 Å². The number of piperazine rings is 1. The molecule has 0 aliphatic carbocycles. The molecule has 2 aromatic heterocycles. The van der Waals surface area contributed by atoms with Crippen molar-refractivity contribution in [3.63, 3.8) is 0 Å². The fourth-order valence-corrected chi connectivity index (χ4v) is 4.10. The molecule has 1 saturated heterocycles. The van der Waals surface area contributed by atoms with Crippen molar-refractivity contribution in [2.45, 2.75) is 32.7 Å². The zero-order valence-electron chi connectivity index (χ0n) is 14.7. The second kappa shape index (κ2) is 9.52. The summed E-state index contributed by atoms with van der Waals surface area (Å²) in [7, 11) is 1.97. The average molecular weight is 406 g/mol. The van der Waals surface area contributed by atoms with Gasteiger partial charge in [0, 0.05) is 39.1 Å². The molecule has 0 bridgehead atoms. The number of thiazole rings is 1. The predicted octanol–water partition coefficient (Wildman–Crippen LogP) is 2.77. The van der Waals surface area contributed by atoms with Gasteiger partial charge >= 0.3 is 0 Å². The minimum atomic E-state index is -0.0348. The number of carbonyl (C=O) groups is 1. The van der Waals surface area contributed by atoms with E-state index in [9.17, 15) is 4.79 Å². The van der Waals surface area contributed by atoms with E-state index in [2.05, 4.69) is 22.2 Å². The summed E-state index contributed by atoms with van der Waals surface area (Å²) < 4.78 is 1.99. The Morgan fingerprint density at radius 2 is 2.20 bits per heavy atom. The zero-order chi connectivity index (χ0) is 16.4. The van der Waals surface area contributed by atoms with E-state index in [1.54, 1.807) is 6.20 Å². The highest BCUT2D eigenvalue weighted by atomic mass is 35.5. The van der Waals surface area contributed by atoms with Crippen LogP contribution in [-0.4, -0.2) is 45.0 Å². The molecule has 0 saturated carbocycles. The lowest BCUT2D eigenvalue weighted by atomic mass is 10.1. The summed E-state index contributed by atoms with van der Waals surface area (Å²) in [5, 5.41) is 4.42. The number of nitrogens with one attached hydrogen (secondary N) is 1. The van der Waals surface area contributed by atoms with Crippen LogP contribution in [0.4, 0.5) is 0 Å². The predicted molar refractivity (Wildman–Crippen MR) is 105 cm³/mol. The third-order valence-electron chi connectivity index (χ3n) is 4.16. The van der Waals surface area contributed by atoms with Crippen LogP contribution in [0, 0.1) is 6.92 Å². The molecule has 6 nitrogen and oxygen atoms in total.